The Labute approximate surface area is 208 Å². The number of ether oxygens (including phenoxy) is 2. The lowest BCUT2D eigenvalue weighted by Gasteiger charge is -2.29. The lowest BCUT2D eigenvalue weighted by molar-refractivity contribution is -0.00862. The Bertz CT molecular complexity index is 780. The first-order chi connectivity index (χ1) is 16.3. The molecule has 0 spiro atoms. The summed E-state index contributed by atoms with van der Waals surface area (Å²) in [5.41, 5.74) is 0.734. The molecule has 2 aliphatic rings. The minimum atomic E-state index is -0.300. The van der Waals surface area contributed by atoms with Crippen molar-refractivity contribution in [2.75, 3.05) is 73.7 Å². The Morgan fingerprint density at radius 2 is 1.74 bits per heavy atom. The number of halogens is 1. The van der Waals surface area contributed by atoms with Crippen LogP contribution in [0.4, 0.5) is 0 Å². The molecule has 10 heteroatoms. The van der Waals surface area contributed by atoms with Gasteiger partial charge in [0.25, 0.3) is 0 Å². The quantitative estimate of drug-likeness (QED) is 0.474. The number of ketones is 1. The van der Waals surface area contributed by atoms with Crippen LogP contribution in [-0.4, -0.2) is 107 Å². The number of nitriles is 2. The summed E-state index contributed by atoms with van der Waals surface area (Å²) in [7, 11) is 5.80. The molecule has 2 N–H and O–H groups in total. The molecule has 1 aromatic rings. The number of hydrogen-bond donors (Lipinski definition) is 2. The summed E-state index contributed by atoms with van der Waals surface area (Å²) in [5, 5.41) is 26.9. The standard InChI is InChI=1S/C12H15NO2.C6H10N2O.C3H2ClN.C3H9NO/c1-13-7-8-15-11(9-13)12(14)10-5-3-2-4-6-10;1-8-2-3-9-6(4-7)5-8;1-3(4)2-5;1-4-2-3-5/h2-6,11H,7-9H2,1H3;6H,2-3,5H2,1H3;1H2;4-5H,2-3H2,1H3. The molecule has 2 heterocycles. The van der Waals surface area contributed by atoms with E-state index in [0.29, 0.717) is 26.3 Å². The smallest absolute Gasteiger partial charge is 0.192 e. The van der Waals surface area contributed by atoms with E-state index in [1.165, 1.54) is 0 Å². The van der Waals surface area contributed by atoms with Crippen LogP contribution in [-0.2, 0) is 9.47 Å². The minimum absolute atomic E-state index is 0.0324. The molecule has 1 aromatic carbocycles. The van der Waals surface area contributed by atoms with Crippen molar-refractivity contribution in [2.24, 2.45) is 0 Å². The number of benzene rings is 1. The third-order valence-electron chi connectivity index (χ3n) is 4.52. The predicted molar refractivity (Wildman–Crippen MR) is 132 cm³/mol. The average molecular weight is 494 g/mol. The first-order valence-corrected chi connectivity index (χ1v) is 11.3. The largest absolute Gasteiger partial charge is 0.395 e. The molecule has 0 radical (unpaired) electrons. The molecule has 0 bridgehead atoms. The highest BCUT2D eigenvalue weighted by molar-refractivity contribution is 6.31. The Morgan fingerprint density at radius 3 is 2.12 bits per heavy atom. The van der Waals surface area contributed by atoms with Gasteiger partial charge in [0, 0.05) is 38.3 Å². The molecular formula is C24H36ClN5O4. The first kappa shape index (κ1) is 31.7. The van der Waals surface area contributed by atoms with Crippen LogP contribution in [0.5, 0.6) is 0 Å². The van der Waals surface area contributed by atoms with Crippen LogP contribution >= 0.6 is 11.6 Å². The van der Waals surface area contributed by atoms with Crippen LogP contribution in [0.25, 0.3) is 0 Å². The monoisotopic (exact) mass is 493 g/mol. The number of likely N-dealkylation sites (N-methyl/N-ethyl adjacent to an activating group) is 3. The van der Waals surface area contributed by atoms with E-state index < -0.39 is 0 Å². The number of carbonyl (C=O) groups excluding carboxylic acids is 1. The molecule has 188 valence electrons. The maximum absolute atomic E-state index is 12.0. The summed E-state index contributed by atoms with van der Waals surface area (Å²) in [6, 6.07) is 13.0. The van der Waals surface area contributed by atoms with E-state index in [1.54, 1.807) is 13.1 Å². The molecule has 2 fully saturated rings. The number of allylic oxidation sites excluding steroid dienone is 1. The van der Waals surface area contributed by atoms with Gasteiger partial charge in [0.1, 0.15) is 17.2 Å². The third-order valence-corrected chi connectivity index (χ3v) is 4.60. The number of aliphatic hydroxyl groups excluding tert-OH is 1. The normalized spacial score (nSPS) is 19.9. The molecule has 2 aliphatic heterocycles. The number of hydrogen-bond acceptors (Lipinski definition) is 9. The number of Topliss-reactive ketones (excluding diaryl/α,β-unsaturated/α-hetero) is 1. The number of aliphatic hydroxyl groups is 1. The Morgan fingerprint density at radius 1 is 1.18 bits per heavy atom. The molecular weight excluding hydrogens is 458 g/mol. The van der Waals surface area contributed by atoms with Crippen molar-refractivity contribution in [3.05, 3.63) is 47.5 Å². The second kappa shape index (κ2) is 20.1. The molecule has 3 rings (SSSR count). The molecule has 0 saturated carbocycles. The number of nitrogens with zero attached hydrogens (tertiary/aromatic N) is 4. The van der Waals surface area contributed by atoms with Crippen molar-refractivity contribution in [1.29, 1.82) is 10.5 Å². The summed E-state index contributed by atoms with van der Waals surface area (Å²) in [4.78, 5) is 16.2. The fourth-order valence-electron chi connectivity index (χ4n) is 2.69. The van der Waals surface area contributed by atoms with Gasteiger partial charge >= 0.3 is 0 Å². The van der Waals surface area contributed by atoms with E-state index in [4.69, 9.17) is 36.7 Å². The van der Waals surface area contributed by atoms with Crippen LogP contribution in [0.1, 0.15) is 10.4 Å². The molecule has 0 amide bonds. The molecule has 0 aromatic heterocycles. The van der Waals surface area contributed by atoms with E-state index in [-0.39, 0.29) is 29.6 Å². The van der Waals surface area contributed by atoms with Crippen LogP contribution in [0.3, 0.4) is 0 Å². The highest BCUT2D eigenvalue weighted by atomic mass is 35.5. The summed E-state index contributed by atoms with van der Waals surface area (Å²) >= 11 is 4.91. The lowest BCUT2D eigenvalue weighted by Crippen LogP contribution is -2.44. The van der Waals surface area contributed by atoms with Gasteiger partial charge in [0.05, 0.1) is 25.9 Å². The van der Waals surface area contributed by atoms with Crippen molar-refractivity contribution < 1.29 is 19.4 Å². The summed E-state index contributed by atoms with van der Waals surface area (Å²) in [5.74, 6) is 0.0853. The second-order valence-electron chi connectivity index (χ2n) is 7.45. The number of morpholine rings is 2. The third kappa shape index (κ3) is 15.5. The Hall–Kier alpha value is -2.34. The van der Waals surface area contributed by atoms with E-state index in [2.05, 4.69) is 27.8 Å². The maximum atomic E-state index is 12.0. The second-order valence-corrected chi connectivity index (χ2v) is 7.90. The van der Waals surface area contributed by atoms with E-state index in [1.807, 2.05) is 44.4 Å². The lowest BCUT2D eigenvalue weighted by atomic mass is 10.1. The van der Waals surface area contributed by atoms with Crippen molar-refractivity contribution in [3.63, 3.8) is 0 Å². The number of nitrogens with one attached hydrogen (secondary N) is 1. The summed E-state index contributed by atoms with van der Waals surface area (Å²) in [6.45, 7) is 8.61. The van der Waals surface area contributed by atoms with Crippen molar-refractivity contribution in [1.82, 2.24) is 15.1 Å². The zero-order valence-corrected chi connectivity index (χ0v) is 21.0. The minimum Gasteiger partial charge on any atom is -0.395 e. The molecule has 34 heavy (non-hydrogen) atoms. The summed E-state index contributed by atoms with van der Waals surface area (Å²) in [6.07, 6.45) is -0.505. The number of rotatable bonds is 4. The van der Waals surface area contributed by atoms with Gasteiger partial charge in [-0.15, -0.1) is 0 Å². The van der Waals surface area contributed by atoms with Crippen LogP contribution in [0.15, 0.2) is 41.9 Å². The van der Waals surface area contributed by atoms with E-state index in [9.17, 15) is 4.79 Å². The van der Waals surface area contributed by atoms with Gasteiger partial charge in [-0.2, -0.15) is 10.5 Å². The predicted octanol–water partition coefficient (Wildman–Crippen LogP) is 1.50. The van der Waals surface area contributed by atoms with Gasteiger partial charge in [-0.05, 0) is 21.1 Å². The molecule has 0 aliphatic carbocycles. The Balaban J connectivity index is 0.000000488. The maximum Gasteiger partial charge on any atom is 0.192 e. The van der Waals surface area contributed by atoms with Crippen molar-refractivity contribution in [2.45, 2.75) is 12.2 Å². The highest BCUT2D eigenvalue weighted by Crippen LogP contribution is 2.10. The zero-order chi connectivity index (χ0) is 25.8. The van der Waals surface area contributed by atoms with Crippen LogP contribution < -0.4 is 5.32 Å². The summed E-state index contributed by atoms with van der Waals surface area (Å²) < 4.78 is 10.6. The molecule has 9 nitrogen and oxygen atoms in total. The van der Waals surface area contributed by atoms with Gasteiger partial charge in [-0.3, -0.25) is 4.79 Å². The van der Waals surface area contributed by atoms with Crippen LogP contribution in [0.2, 0.25) is 0 Å². The average Bonchev–Trinajstić information content (AvgIpc) is 2.85. The van der Waals surface area contributed by atoms with Gasteiger partial charge in [-0.1, -0.05) is 48.5 Å². The van der Waals surface area contributed by atoms with Crippen LogP contribution in [0, 0.1) is 22.7 Å². The van der Waals surface area contributed by atoms with Crippen molar-refractivity contribution in [3.8, 4) is 12.1 Å². The molecule has 2 unspecified atom stereocenters. The van der Waals surface area contributed by atoms with E-state index >= 15 is 0 Å². The number of carbonyl (C=O) groups is 1. The molecule has 2 atom stereocenters. The topological polar surface area (TPSA) is 122 Å². The Kier molecular flexibility index (Phi) is 18.7. The highest BCUT2D eigenvalue weighted by Gasteiger charge is 2.25. The fourth-order valence-corrected chi connectivity index (χ4v) is 2.69. The fraction of sp³-hybridized carbons (Fsp3) is 0.542. The van der Waals surface area contributed by atoms with Gasteiger partial charge < -0.3 is 29.7 Å². The SMILES string of the molecule is C=C(Cl)C#N.CN1CCOC(C#N)C1.CN1CCOC(C(=O)c2ccccc2)C1.CNCCO. The zero-order valence-electron chi connectivity index (χ0n) is 20.2. The van der Waals surface area contributed by atoms with Gasteiger partial charge in [0.2, 0.25) is 0 Å². The first-order valence-electron chi connectivity index (χ1n) is 10.9. The van der Waals surface area contributed by atoms with Crippen molar-refractivity contribution >= 4 is 17.4 Å². The van der Waals surface area contributed by atoms with E-state index in [0.717, 1.165) is 25.2 Å². The molecule has 2 saturated heterocycles. The van der Waals surface area contributed by atoms with Gasteiger partial charge in [-0.25, -0.2) is 0 Å². The van der Waals surface area contributed by atoms with Gasteiger partial charge in [0.15, 0.2) is 11.9 Å².